The molecular weight excluding hydrogens is 299 g/mol. The van der Waals surface area contributed by atoms with Gasteiger partial charge in [-0.05, 0) is 42.0 Å². The van der Waals surface area contributed by atoms with E-state index in [0.29, 0.717) is 6.54 Å². The van der Waals surface area contributed by atoms with Crippen molar-refractivity contribution in [2.75, 3.05) is 0 Å². The fourth-order valence-electron chi connectivity index (χ4n) is 1.46. The van der Waals surface area contributed by atoms with Crippen LogP contribution in [-0.4, -0.2) is 6.36 Å². The zero-order valence-electron chi connectivity index (χ0n) is 9.61. The molecule has 0 radical (unpaired) electrons. The van der Waals surface area contributed by atoms with E-state index < -0.39 is 6.36 Å². The normalized spacial score (nSPS) is 10.9. The highest BCUT2D eigenvalue weighted by Gasteiger charge is 2.30. The number of nitrogens with two attached hydrogens (primary N) is 1. The van der Waals surface area contributed by atoms with Gasteiger partial charge in [-0.15, -0.1) is 36.9 Å². The average molecular weight is 310 g/mol. The fraction of sp³-hybridized carbons (Fsp3) is 0.167. The van der Waals surface area contributed by atoms with Crippen LogP contribution in [0.4, 0.5) is 13.2 Å². The highest BCUT2D eigenvalue weighted by molar-refractivity contribution is 7.15. The minimum absolute atomic E-state index is 0. The molecule has 19 heavy (non-hydrogen) atoms. The number of hydrogen-bond donors (Lipinski definition) is 1. The highest BCUT2D eigenvalue weighted by atomic mass is 35.5. The lowest BCUT2D eigenvalue weighted by molar-refractivity contribution is -0.274. The predicted octanol–water partition coefficient (Wildman–Crippen LogP) is 4.19. The lowest BCUT2D eigenvalue weighted by Crippen LogP contribution is -2.16. The van der Waals surface area contributed by atoms with E-state index in [1.165, 1.54) is 23.5 Å². The Hall–Kier alpha value is -1.24. The van der Waals surface area contributed by atoms with E-state index in [0.717, 1.165) is 15.3 Å². The van der Waals surface area contributed by atoms with Gasteiger partial charge in [0.15, 0.2) is 0 Å². The van der Waals surface area contributed by atoms with Gasteiger partial charge in [0.25, 0.3) is 0 Å². The standard InChI is InChI=1S/C12H10F3NOS.ClH/c13-12(14,15)17-9-3-1-8(2-4-9)11-6-5-10(7-16)18-11;/h1-6H,7,16H2;1H. The van der Waals surface area contributed by atoms with E-state index in [1.54, 1.807) is 12.1 Å². The summed E-state index contributed by atoms with van der Waals surface area (Å²) in [5.74, 6) is -0.221. The summed E-state index contributed by atoms with van der Waals surface area (Å²) < 4.78 is 39.7. The minimum Gasteiger partial charge on any atom is -0.406 e. The molecular formula is C12H11ClF3NOS. The molecule has 2 N–H and O–H groups in total. The second-order valence-electron chi connectivity index (χ2n) is 3.54. The quantitative estimate of drug-likeness (QED) is 0.922. The van der Waals surface area contributed by atoms with Gasteiger partial charge in [0.2, 0.25) is 0 Å². The van der Waals surface area contributed by atoms with Crippen molar-refractivity contribution in [2.24, 2.45) is 5.73 Å². The third kappa shape index (κ3) is 4.41. The summed E-state index contributed by atoms with van der Waals surface area (Å²) in [5.41, 5.74) is 6.34. The summed E-state index contributed by atoms with van der Waals surface area (Å²) in [7, 11) is 0. The molecule has 0 aliphatic heterocycles. The number of benzene rings is 1. The average Bonchev–Trinajstić information content (AvgIpc) is 2.76. The molecule has 0 amide bonds. The van der Waals surface area contributed by atoms with Gasteiger partial charge < -0.3 is 10.5 Å². The molecule has 1 aromatic heterocycles. The molecule has 2 rings (SSSR count). The number of ether oxygens (including phenoxy) is 1. The van der Waals surface area contributed by atoms with Crippen molar-refractivity contribution in [3.63, 3.8) is 0 Å². The molecule has 0 saturated heterocycles. The van der Waals surface area contributed by atoms with E-state index in [2.05, 4.69) is 4.74 Å². The summed E-state index contributed by atoms with van der Waals surface area (Å²) in [6.45, 7) is 0.458. The first kappa shape index (κ1) is 15.8. The summed E-state index contributed by atoms with van der Waals surface area (Å²) in [5, 5.41) is 0. The maximum absolute atomic E-state index is 12.0. The molecule has 0 atom stereocenters. The van der Waals surface area contributed by atoms with E-state index in [1.807, 2.05) is 12.1 Å². The SMILES string of the molecule is Cl.NCc1ccc(-c2ccc(OC(F)(F)F)cc2)s1. The smallest absolute Gasteiger partial charge is 0.406 e. The predicted molar refractivity (Wildman–Crippen MR) is 71.6 cm³/mol. The number of alkyl halides is 3. The van der Waals surface area contributed by atoms with Crippen LogP contribution in [0.1, 0.15) is 4.88 Å². The Bertz CT molecular complexity index is 525. The van der Waals surface area contributed by atoms with E-state index in [-0.39, 0.29) is 18.2 Å². The van der Waals surface area contributed by atoms with Crippen LogP contribution in [0.15, 0.2) is 36.4 Å². The van der Waals surface area contributed by atoms with Crippen molar-refractivity contribution in [3.05, 3.63) is 41.3 Å². The number of halogens is 4. The second kappa shape index (κ2) is 6.27. The van der Waals surface area contributed by atoms with Gasteiger partial charge in [-0.25, -0.2) is 0 Å². The van der Waals surface area contributed by atoms with Crippen molar-refractivity contribution in [2.45, 2.75) is 12.9 Å². The Morgan fingerprint density at radius 3 is 2.16 bits per heavy atom. The number of rotatable bonds is 3. The number of hydrogen-bond acceptors (Lipinski definition) is 3. The first-order chi connectivity index (χ1) is 8.48. The first-order valence-electron chi connectivity index (χ1n) is 5.13. The van der Waals surface area contributed by atoms with Gasteiger partial charge >= 0.3 is 6.36 Å². The van der Waals surface area contributed by atoms with Crippen LogP contribution in [0.25, 0.3) is 10.4 Å². The fourth-order valence-corrected chi connectivity index (χ4v) is 2.36. The van der Waals surface area contributed by atoms with Gasteiger partial charge in [0.05, 0.1) is 0 Å². The molecule has 0 aliphatic carbocycles. The van der Waals surface area contributed by atoms with Crippen molar-refractivity contribution >= 4 is 23.7 Å². The molecule has 104 valence electrons. The second-order valence-corrected chi connectivity index (χ2v) is 4.71. The molecule has 2 aromatic rings. The third-order valence-electron chi connectivity index (χ3n) is 2.24. The van der Waals surface area contributed by atoms with Gasteiger partial charge in [-0.1, -0.05) is 0 Å². The summed E-state index contributed by atoms with van der Waals surface area (Å²) in [6.07, 6.45) is -4.66. The molecule has 0 unspecified atom stereocenters. The molecule has 0 aliphatic rings. The van der Waals surface area contributed by atoms with E-state index in [9.17, 15) is 13.2 Å². The lowest BCUT2D eigenvalue weighted by atomic mass is 10.2. The van der Waals surface area contributed by atoms with Gasteiger partial charge in [0.1, 0.15) is 5.75 Å². The summed E-state index contributed by atoms with van der Waals surface area (Å²) in [4.78, 5) is 2.00. The Morgan fingerprint density at radius 1 is 1.05 bits per heavy atom. The highest BCUT2D eigenvalue weighted by Crippen LogP contribution is 2.30. The third-order valence-corrected chi connectivity index (χ3v) is 3.39. The molecule has 7 heteroatoms. The van der Waals surface area contributed by atoms with Crippen LogP contribution in [0.5, 0.6) is 5.75 Å². The largest absolute Gasteiger partial charge is 0.573 e. The molecule has 0 bridgehead atoms. The van der Waals surface area contributed by atoms with Crippen LogP contribution in [0.3, 0.4) is 0 Å². The van der Waals surface area contributed by atoms with Crippen LogP contribution in [-0.2, 0) is 6.54 Å². The molecule has 1 aromatic carbocycles. The van der Waals surface area contributed by atoms with Crippen molar-refractivity contribution in [3.8, 4) is 16.2 Å². The van der Waals surface area contributed by atoms with Gasteiger partial charge in [-0.2, -0.15) is 0 Å². The molecule has 0 spiro atoms. The summed E-state index contributed by atoms with van der Waals surface area (Å²) in [6, 6.07) is 9.57. The molecule has 0 fully saturated rings. The Balaban J connectivity index is 0.00000180. The maximum Gasteiger partial charge on any atom is 0.573 e. The van der Waals surface area contributed by atoms with Crippen LogP contribution >= 0.6 is 23.7 Å². The van der Waals surface area contributed by atoms with Crippen molar-refractivity contribution < 1.29 is 17.9 Å². The monoisotopic (exact) mass is 309 g/mol. The Labute approximate surface area is 118 Å². The molecule has 0 saturated carbocycles. The first-order valence-corrected chi connectivity index (χ1v) is 5.94. The van der Waals surface area contributed by atoms with Crippen LogP contribution < -0.4 is 10.5 Å². The lowest BCUT2D eigenvalue weighted by Gasteiger charge is -2.08. The van der Waals surface area contributed by atoms with E-state index >= 15 is 0 Å². The maximum atomic E-state index is 12.0. The topological polar surface area (TPSA) is 35.2 Å². The van der Waals surface area contributed by atoms with Crippen LogP contribution in [0.2, 0.25) is 0 Å². The van der Waals surface area contributed by atoms with Crippen molar-refractivity contribution in [1.82, 2.24) is 0 Å². The zero-order valence-corrected chi connectivity index (χ0v) is 11.2. The van der Waals surface area contributed by atoms with E-state index in [4.69, 9.17) is 5.73 Å². The van der Waals surface area contributed by atoms with Crippen molar-refractivity contribution in [1.29, 1.82) is 0 Å². The van der Waals surface area contributed by atoms with Crippen LogP contribution in [0, 0.1) is 0 Å². The van der Waals surface area contributed by atoms with Gasteiger partial charge in [0, 0.05) is 16.3 Å². The molecule has 1 heterocycles. The molecule has 2 nitrogen and oxygen atoms in total. The Morgan fingerprint density at radius 2 is 1.68 bits per heavy atom. The Kier molecular flexibility index (Phi) is 5.22. The number of thiophene rings is 1. The minimum atomic E-state index is -4.66. The van der Waals surface area contributed by atoms with Gasteiger partial charge in [-0.3, -0.25) is 0 Å². The summed E-state index contributed by atoms with van der Waals surface area (Å²) >= 11 is 1.52. The zero-order chi connectivity index (χ0) is 13.2.